The third-order valence-electron chi connectivity index (χ3n) is 7.56. The average molecular weight is 599 g/mol. The van der Waals surface area contributed by atoms with Gasteiger partial charge >= 0.3 is 6.03 Å². The fraction of sp³-hybridized carbons (Fsp3) is 0.323. The number of imidazole rings is 1. The maximum Gasteiger partial charge on any atom is 0.321 e. The first-order chi connectivity index (χ1) is 21.4. The SMILES string of the molecule is COc1ccc(NC(=O)N2CCN(c3cc(C)nc(-n4ccnc4)n3)C(CC(=O)NCCc3ccc4c(c3)OCO4)C2)cc1. The molecule has 0 saturated carbocycles. The van der Waals surface area contributed by atoms with Gasteiger partial charge in [-0.2, -0.15) is 4.98 Å². The molecule has 44 heavy (non-hydrogen) atoms. The topological polar surface area (TPSA) is 136 Å². The number of ether oxygens (including phenoxy) is 3. The van der Waals surface area contributed by atoms with E-state index in [1.807, 2.05) is 31.2 Å². The Balaban J connectivity index is 1.15. The summed E-state index contributed by atoms with van der Waals surface area (Å²) in [6.45, 7) is 3.87. The summed E-state index contributed by atoms with van der Waals surface area (Å²) in [6, 6.07) is 14.3. The zero-order valence-corrected chi connectivity index (χ0v) is 24.6. The van der Waals surface area contributed by atoms with Crippen LogP contribution in [0.15, 0.2) is 67.3 Å². The summed E-state index contributed by atoms with van der Waals surface area (Å²) < 4.78 is 17.8. The van der Waals surface area contributed by atoms with E-state index in [1.54, 1.807) is 59.6 Å². The molecule has 3 amide bonds. The van der Waals surface area contributed by atoms with Crippen LogP contribution >= 0.6 is 0 Å². The molecule has 13 heteroatoms. The number of aryl methyl sites for hydroxylation is 1. The molecule has 1 unspecified atom stereocenters. The summed E-state index contributed by atoms with van der Waals surface area (Å²) in [7, 11) is 1.60. The fourth-order valence-corrected chi connectivity index (χ4v) is 5.30. The predicted molar refractivity (Wildman–Crippen MR) is 163 cm³/mol. The van der Waals surface area contributed by atoms with Gasteiger partial charge in [-0.1, -0.05) is 6.07 Å². The number of nitrogens with one attached hydrogen (secondary N) is 2. The maximum absolute atomic E-state index is 13.3. The molecule has 2 aromatic carbocycles. The van der Waals surface area contributed by atoms with E-state index in [0.717, 1.165) is 22.8 Å². The molecule has 1 atom stereocenters. The molecule has 2 aliphatic heterocycles. The first-order valence-electron chi connectivity index (χ1n) is 14.4. The lowest BCUT2D eigenvalue weighted by Gasteiger charge is -2.42. The molecule has 4 heterocycles. The van der Waals surface area contributed by atoms with Crippen LogP contribution in [0.2, 0.25) is 0 Å². The largest absolute Gasteiger partial charge is 0.497 e. The van der Waals surface area contributed by atoms with Gasteiger partial charge in [-0.15, -0.1) is 0 Å². The van der Waals surface area contributed by atoms with Crippen LogP contribution in [0.25, 0.3) is 5.95 Å². The van der Waals surface area contributed by atoms with E-state index in [0.29, 0.717) is 55.8 Å². The lowest BCUT2D eigenvalue weighted by molar-refractivity contribution is -0.121. The van der Waals surface area contributed by atoms with Gasteiger partial charge in [-0.3, -0.25) is 9.36 Å². The molecule has 13 nitrogen and oxygen atoms in total. The Morgan fingerprint density at radius 3 is 2.68 bits per heavy atom. The Morgan fingerprint density at radius 2 is 1.89 bits per heavy atom. The van der Waals surface area contributed by atoms with Crippen molar-refractivity contribution in [3.8, 4) is 23.2 Å². The van der Waals surface area contributed by atoms with Gasteiger partial charge in [0.25, 0.3) is 0 Å². The number of urea groups is 1. The molecule has 228 valence electrons. The Kier molecular flexibility index (Phi) is 8.43. The average Bonchev–Trinajstić information content (AvgIpc) is 3.74. The van der Waals surface area contributed by atoms with Crippen LogP contribution in [-0.4, -0.2) is 82.5 Å². The van der Waals surface area contributed by atoms with Gasteiger partial charge < -0.3 is 34.6 Å². The smallest absolute Gasteiger partial charge is 0.321 e. The van der Waals surface area contributed by atoms with E-state index < -0.39 is 0 Å². The van der Waals surface area contributed by atoms with E-state index in [9.17, 15) is 9.59 Å². The molecule has 1 fully saturated rings. The number of piperazine rings is 1. The molecular formula is C31H34N8O5. The van der Waals surface area contributed by atoms with Crippen molar-refractivity contribution in [2.75, 3.05) is 50.3 Å². The van der Waals surface area contributed by atoms with E-state index >= 15 is 0 Å². The summed E-state index contributed by atoms with van der Waals surface area (Å²) >= 11 is 0. The highest BCUT2D eigenvalue weighted by Crippen LogP contribution is 2.32. The van der Waals surface area contributed by atoms with Gasteiger partial charge in [0.05, 0.1) is 13.2 Å². The van der Waals surface area contributed by atoms with Crippen LogP contribution < -0.4 is 29.7 Å². The number of fused-ring (bicyclic) bond motifs is 1. The monoisotopic (exact) mass is 598 g/mol. The Hall–Kier alpha value is -5.33. The van der Waals surface area contributed by atoms with Crippen LogP contribution in [0.4, 0.5) is 16.3 Å². The van der Waals surface area contributed by atoms with Crippen molar-refractivity contribution in [1.82, 2.24) is 29.7 Å². The quantitative estimate of drug-likeness (QED) is 0.298. The van der Waals surface area contributed by atoms with Crippen molar-refractivity contribution < 1.29 is 23.8 Å². The number of carbonyl (C=O) groups excluding carboxylic acids is 2. The van der Waals surface area contributed by atoms with E-state index in [-0.39, 0.29) is 31.2 Å². The number of nitrogens with zero attached hydrogens (tertiary/aromatic N) is 6. The lowest BCUT2D eigenvalue weighted by atomic mass is 10.1. The van der Waals surface area contributed by atoms with Gasteiger partial charge in [0.15, 0.2) is 11.5 Å². The third kappa shape index (κ3) is 6.66. The minimum absolute atomic E-state index is 0.112. The van der Waals surface area contributed by atoms with Crippen LogP contribution in [0.5, 0.6) is 17.2 Å². The molecule has 2 N–H and O–H groups in total. The standard InChI is InChI=1S/C31H34N8O5/c1-21-15-28(36-30(34-21)38-12-11-32-19-38)39-14-13-37(31(41)35-23-4-6-25(42-2)7-5-23)18-24(39)17-29(40)33-10-9-22-3-8-26-27(16-22)44-20-43-26/h3-8,11-12,15-16,19,24H,9-10,13-14,17-18,20H2,1-2H3,(H,33,40)(H,35,41). The van der Waals surface area contributed by atoms with Gasteiger partial charge in [-0.05, 0) is 55.3 Å². The first-order valence-corrected chi connectivity index (χ1v) is 14.4. The number of amides is 3. The van der Waals surface area contributed by atoms with Crippen molar-refractivity contribution in [2.45, 2.75) is 25.8 Å². The summed E-state index contributed by atoms with van der Waals surface area (Å²) in [5.74, 6) is 3.22. The summed E-state index contributed by atoms with van der Waals surface area (Å²) in [4.78, 5) is 43.8. The molecule has 2 aliphatic rings. The summed E-state index contributed by atoms with van der Waals surface area (Å²) in [6.07, 6.45) is 5.92. The van der Waals surface area contributed by atoms with Gasteiger partial charge in [0, 0.05) is 62.4 Å². The molecular weight excluding hydrogens is 564 g/mol. The number of anilines is 2. The second-order valence-corrected chi connectivity index (χ2v) is 10.6. The Bertz CT molecular complexity index is 1610. The molecule has 0 aliphatic carbocycles. The zero-order chi connectivity index (χ0) is 30.5. The Labute approximate surface area is 254 Å². The molecule has 2 aromatic heterocycles. The highest BCUT2D eigenvalue weighted by molar-refractivity contribution is 5.89. The van der Waals surface area contributed by atoms with E-state index in [4.69, 9.17) is 19.2 Å². The second kappa shape index (κ2) is 12.9. The summed E-state index contributed by atoms with van der Waals surface area (Å²) in [5, 5.41) is 6.00. The van der Waals surface area contributed by atoms with Crippen molar-refractivity contribution in [2.24, 2.45) is 0 Å². The number of benzene rings is 2. The minimum atomic E-state index is -0.319. The molecule has 4 aromatic rings. The van der Waals surface area contributed by atoms with Gasteiger partial charge in [0.1, 0.15) is 17.9 Å². The fourth-order valence-electron chi connectivity index (χ4n) is 5.30. The van der Waals surface area contributed by atoms with Crippen LogP contribution in [0.3, 0.4) is 0 Å². The third-order valence-corrected chi connectivity index (χ3v) is 7.56. The van der Waals surface area contributed by atoms with Crippen molar-refractivity contribution >= 4 is 23.4 Å². The number of hydrogen-bond acceptors (Lipinski definition) is 9. The number of carbonyl (C=O) groups is 2. The van der Waals surface area contributed by atoms with E-state index in [2.05, 4.69) is 25.5 Å². The van der Waals surface area contributed by atoms with Crippen molar-refractivity contribution in [1.29, 1.82) is 0 Å². The highest BCUT2D eigenvalue weighted by atomic mass is 16.7. The zero-order valence-electron chi connectivity index (χ0n) is 24.6. The number of hydrogen-bond donors (Lipinski definition) is 2. The van der Waals surface area contributed by atoms with Crippen molar-refractivity contribution in [3.05, 3.63) is 78.5 Å². The van der Waals surface area contributed by atoms with Gasteiger partial charge in [0.2, 0.25) is 18.6 Å². The van der Waals surface area contributed by atoms with Crippen LogP contribution in [-0.2, 0) is 11.2 Å². The normalized spacial score (nSPS) is 15.6. The van der Waals surface area contributed by atoms with Gasteiger partial charge in [-0.25, -0.2) is 14.8 Å². The van der Waals surface area contributed by atoms with Crippen LogP contribution in [0.1, 0.15) is 17.7 Å². The molecule has 0 bridgehead atoms. The highest BCUT2D eigenvalue weighted by Gasteiger charge is 2.32. The molecule has 6 rings (SSSR count). The molecule has 0 spiro atoms. The van der Waals surface area contributed by atoms with E-state index in [1.165, 1.54) is 0 Å². The lowest BCUT2D eigenvalue weighted by Crippen LogP contribution is -2.57. The number of methoxy groups -OCH3 is 1. The predicted octanol–water partition coefficient (Wildman–Crippen LogP) is 3.18. The second-order valence-electron chi connectivity index (χ2n) is 10.6. The van der Waals surface area contributed by atoms with Crippen molar-refractivity contribution in [3.63, 3.8) is 0 Å². The molecule has 0 radical (unpaired) electrons. The first kappa shape index (κ1) is 28.8. The minimum Gasteiger partial charge on any atom is -0.497 e. The number of aromatic nitrogens is 4. The maximum atomic E-state index is 13.3. The Morgan fingerprint density at radius 1 is 1.05 bits per heavy atom. The molecule has 1 saturated heterocycles. The summed E-state index contributed by atoms with van der Waals surface area (Å²) in [5.41, 5.74) is 2.48. The number of rotatable bonds is 9. The van der Waals surface area contributed by atoms with Crippen LogP contribution in [0, 0.1) is 6.92 Å².